The molecule has 4 aliphatic rings. The van der Waals surface area contributed by atoms with Crippen LogP contribution < -0.4 is 76.1 Å². The van der Waals surface area contributed by atoms with Crippen molar-refractivity contribution in [1.29, 1.82) is 0 Å². The van der Waals surface area contributed by atoms with Crippen LogP contribution in [0.15, 0.2) is 72.9 Å². The van der Waals surface area contributed by atoms with Gasteiger partial charge >= 0.3 is 29.6 Å². The third-order valence-corrected chi connectivity index (χ3v) is 19.0. The number of rotatable bonds is 23. The van der Waals surface area contributed by atoms with E-state index in [1.54, 1.807) is 22.8 Å². The summed E-state index contributed by atoms with van der Waals surface area (Å²) in [5.41, 5.74) is 6.95. The SMILES string of the molecule is CC(O)C1NC(=O)[C@@H](NC(=O)c2ccc(-c3cn4nc(-c5ccc(OCCCCCCN6C[C@@H](C)O[C@@H](C)C6)cc5)sc4n3)cc2)CC(O)CNC(=O)C2C(O)C(C)CN2C(=O)C(C(O)CC(N)=O)NC(=O)C(C(O)C(O)c2ccc(O)c(OSOO[O-])c2)NC(=O)C2CC(O)CN2C1=O.[Na+]. The molecule has 8 amide bonds. The largest absolute Gasteiger partial charge is 1.00 e. The Labute approximate surface area is 609 Å². The molecule has 4 fully saturated rings. The number of nitrogens with zero attached hydrogens (tertiary/aromatic N) is 6. The Hall–Kier alpha value is -7.21. The molecular weight excluding hydrogens is 1380 g/mol. The van der Waals surface area contributed by atoms with E-state index >= 15 is 0 Å². The Morgan fingerprint density at radius 3 is 2.13 bits per heavy atom. The maximum absolute atomic E-state index is 14.7. The fourth-order valence-electron chi connectivity index (χ4n) is 12.6. The van der Waals surface area contributed by atoms with Gasteiger partial charge in [-0.25, -0.2) is 9.50 Å². The Morgan fingerprint density at radius 2 is 1.46 bits per heavy atom. The van der Waals surface area contributed by atoms with Crippen molar-refractivity contribution in [3.8, 4) is 39.1 Å². The first-order valence-electron chi connectivity index (χ1n) is 32.5. The van der Waals surface area contributed by atoms with Gasteiger partial charge in [-0.3, -0.25) is 48.3 Å². The van der Waals surface area contributed by atoms with E-state index in [0.717, 1.165) is 91.6 Å². The van der Waals surface area contributed by atoms with Crippen LogP contribution in [0.3, 0.4) is 0 Å². The number of primary amides is 1. The number of aromatic hydroxyl groups is 1. The van der Waals surface area contributed by atoms with Crippen LogP contribution >= 0.6 is 23.7 Å². The number of morpholine rings is 1. The Bertz CT molecular complexity index is 3650. The molecule has 2 aromatic heterocycles. The summed E-state index contributed by atoms with van der Waals surface area (Å²) in [4.78, 5) is 123. The molecule has 101 heavy (non-hydrogen) atoms. The molecule has 0 bridgehead atoms. The van der Waals surface area contributed by atoms with Crippen molar-refractivity contribution in [2.24, 2.45) is 11.7 Å². The molecule has 4 saturated heterocycles. The number of nitrogens with one attached hydrogen (secondary N) is 5. The van der Waals surface area contributed by atoms with Gasteiger partial charge in [0.15, 0.2) is 11.5 Å². The van der Waals surface area contributed by atoms with Gasteiger partial charge < -0.3 is 102 Å². The second kappa shape index (κ2) is 36.3. The first-order valence-corrected chi connectivity index (χ1v) is 34.0. The average Bonchev–Trinajstić information content (AvgIpc) is 1.68. The van der Waals surface area contributed by atoms with Crippen LogP contribution in [0.2, 0.25) is 0 Å². The van der Waals surface area contributed by atoms with Crippen LogP contribution in [0.25, 0.3) is 26.8 Å². The number of ether oxygens (including phenoxy) is 2. The number of carbonyl (C=O) groups excluding carboxylic acids is 8. The smallest absolute Gasteiger partial charge is 0.691 e. The molecule has 37 heteroatoms. The van der Waals surface area contributed by atoms with Crippen LogP contribution in [0.1, 0.15) is 94.7 Å². The minimum Gasteiger partial charge on any atom is -0.691 e. The molecule has 5 aromatic rings. The van der Waals surface area contributed by atoms with Crippen molar-refractivity contribution in [3.63, 3.8) is 0 Å². The van der Waals surface area contributed by atoms with Crippen molar-refractivity contribution in [1.82, 2.24) is 55.9 Å². The Balaban J connectivity index is 0.0000130. The van der Waals surface area contributed by atoms with E-state index in [2.05, 4.69) is 54.7 Å². The summed E-state index contributed by atoms with van der Waals surface area (Å²) < 4.78 is 22.6. The molecule has 15 N–H and O–H groups in total. The molecule has 0 aliphatic carbocycles. The molecule has 0 spiro atoms. The Kier molecular flexibility index (Phi) is 28.6. The summed E-state index contributed by atoms with van der Waals surface area (Å²) >= 11 is 1.27. The van der Waals surface area contributed by atoms with Crippen LogP contribution in [0.4, 0.5) is 0 Å². The second-order valence-electron chi connectivity index (χ2n) is 25.5. The normalized spacial score (nSPS) is 26.4. The number of aliphatic hydroxyl groups is 7. The van der Waals surface area contributed by atoms with Crippen LogP contribution in [0, 0.1) is 5.92 Å². The number of aliphatic hydroxyl groups excluding tert-OH is 7. The maximum atomic E-state index is 14.7. The molecule has 544 valence electrons. The van der Waals surface area contributed by atoms with Gasteiger partial charge in [-0.15, -0.1) is 4.33 Å². The van der Waals surface area contributed by atoms with Crippen molar-refractivity contribution in [2.75, 3.05) is 45.9 Å². The molecule has 4 aliphatic heterocycles. The number of imidazole rings is 1. The van der Waals surface area contributed by atoms with E-state index in [9.17, 15) is 84.5 Å². The third kappa shape index (κ3) is 20.4. The monoisotopic (exact) mass is 1460 g/mol. The van der Waals surface area contributed by atoms with Gasteiger partial charge in [0, 0.05) is 68.2 Å². The molecule has 16 atom stereocenters. The first kappa shape index (κ1) is 79.5. The van der Waals surface area contributed by atoms with E-state index in [0.29, 0.717) is 27.8 Å². The zero-order valence-electron chi connectivity index (χ0n) is 55.9. The van der Waals surface area contributed by atoms with Gasteiger partial charge in [-0.1, -0.05) is 49.3 Å². The van der Waals surface area contributed by atoms with Crippen LogP contribution in [-0.4, -0.2) is 248 Å². The number of hydrogen-bond acceptors (Lipinski definition) is 27. The second-order valence-corrected chi connectivity index (χ2v) is 26.9. The van der Waals surface area contributed by atoms with Gasteiger partial charge in [0.2, 0.25) is 46.3 Å². The number of aromatic nitrogens is 3. The number of fused-ring (bicyclic) bond motifs is 3. The number of β-amino-alcohol motifs (C(OH)–C–C–N with tert-alkyl or cyclic N) is 1. The van der Waals surface area contributed by atoms with E-state index < -0.39 is 183 Å². The molecular formula is C64H83N12NaO22S2. The number of carbonyl (C=O) groups is 8. The van der Waals surface area contributed by atoms with Crippen molar-refractivity contribution in [3.05, 3.63) is 84.1 Å². The third-order valence-electron chi connectivity index (χ3n) is 17.7. The van der Waals surface area contributed by atoms with Crippen LogP contribution in [0.5, 0.6) is 17.2 Å². The van der Waals surface area contributed by atoms with Crippen molar-refractivity contribution >= 4 is 75.9 Å². The molecule has 9 rings (SSSR count). The van der Waals surface area contributed by atoms with Gasteiger partial charge in [0.1, 0.15) is 59.2 Å². The molecule has 34 nitrogen and oxygen atoms in total. The summed E-state index contributed by atoms with van der Waals surface area (Å²) in [7, 11) is 0. The maximum Gasteiger partial charge on any atom is 1.00 e. The van der Waals surface area contributed by atoms with Gasteiger partial charge in [-0.2, -0.15) is 5.10 Å². The van der Waals surface area contributed by atoms with Gasteiger partial charge in [0.05, 0.1) is 67.6 Å². The molecule has 13 unspecified atom stereocenters. The zero-order chi connectivity index (χ0) is 72.2. The number of phenolic OH excluding ortho intramolecular Hbond substituents is 1. The van der Waals surface area contributed by atoms with Crippen molar-refractivity contribution < 1.29 is 137 Å². The minimum absolute atomic E-state index is 0. The number of hydrogen-bond donors (Lipinski definition) is 14. The van der Waals surface area contributed by atoms with E-state index in [4.69, 9.17) is 29.5 Å². The summed E-state index contributed by atoms with van der Waals surface area (Å²) in [5.74, 6) is -11.3. The van der Waals surface area contributed by atoms with Gasteiger partial charge in [0.25, 0.3) is 18.2 Å². The number of unbranched alkanes of at least 4 members (excludes halogenated alkanes) is 3. The number of phenols is 1. The van der Waals surface area contributed by atoms with E-state index in [-0.39, 0.29) is 65.2 Å². The van der Waals surface area contributed by atoms with E-state index in [1.807, 2.05) is 24.3 Å². The van der Waals surface area contributed by atoms with E-state index in [1.165, 1.54) is 30.4 Å². The average molecular weight is 1460 g/mol. The molecule has 6 heterocycles. The first-order chi connectivity index (χ1) is 47.7. The number of nitrogens with two attached hydrogens (primary N) is 1. The number of amides is 8. The predicted molar refractivity (Wildman–Crippen MR) is 351 cm³/mol. The van der Waals surface area contributed by atoms with Gasteiger partial charge in [-0.05, 0) is 94.3 Å². The zero-order valence-corrected chi connectivity index (χ0v) is 59.6. The molecule has 3 aromatic carbocycles. The quantitative estimate of drug-likeness (QED) is 0.00953. The van der Waals surface area contributed by atoms with Crippen LogP contribution in [-0.2, 0) is 47.7 Å². The molecule has 0 saturated carbocycles. The number of benzene rings is 3. The summed E-state index contributed by atoms with van der Waals surface area (Å²) in [6.45, 7) is 8.50. The predicted octanol–water partition coefficient (Wildman–Crippen LogP) is -5.64. The fraction of sp³-hybridized carbons (Fsp3) is 0.531. The summed E-state index contributed by atoms with van der Waals surface area (Å²) in [6.07, 6.45) is -9.74. The summed E-state index contributed by atoms with van der Waals surface area (Å²) in [5, 5.41) is 121. The fourth-order valence-corrected chi connectivity index (χ4v) is 13.7. The van der Waals surface area contributed by atoms with Crippen molar-refractivity contribution in [2.45, 2.75) is 164 Å². The Morgan fingerprint density at radius 1 is 0.792 bits per heavy atom. The molecule has 0 radical (unpaired) electrons. The standard InChI is InChI=1S/C64H84N12O22S2.Na/c1-31-26-75-52(53(31)83)60(90)66-25-39(78)22-42(67-56(86)36-11-9-35(10-12-36)43-30-76-64(68-43)99-61(72-76)37-13-16-41(17-14-37)94-20-8-6-5-7-19-73-27-32(2)95-33(3)28-73)57(87)69-49(34(4)77)62(91)74-29-40(79)23-44(74)58(88)71-51(59(89)70-50(63(75)92)46(81)24-48(65)82)55(85)54(84)38-15-18-45(80)47(21-38)96-100-98-97-93;/h9-18,21,30-34,39-40,42,44,46,49-55,77-81,83-85,93H,5-8,19-20,22-29H2,1-4H3,(H2,65,82)(H,66,90)(H,67,86)(H,69,87)(H,70,89)(H,71,88);/q;+1/p-1/t31?,32-,33+,34?,39?,40?,42-,44?,46?,49?,50?,51?,52?,53?,54?,55?;/m0./s1. The topological polar surface area (TPSA) is 494 Å². The minimum atomic E-state index is -2.54. The summed E-state index contributed by atoms with van der Waals surface area (Å²) in [6, 6.07) is 4.23.